The molecule has 8 aromatic rings. The molecule has 0 aliphatic rings. The van der Waals surface area contributed by atoms with Gasteiger partial charge in [0.1, 0.15) is 0 Å². The Hall–Kier alpha value is -4.34. The van der Waals surface area contributed by atoms with Gasteiger partial charge in [0.25, 0.3) is 0 Å². The Morgan fingerprint density at radius 2 is 0.773 bits per heavy atom. The van der Waals surface area contributed by atoms with Crippen molar-refractivity contribution in [2.45, 2.75) is 13.8 Å². The highest BCUT2D eigenvalue weighted by atomic mass is 32.1. The number of hydrogen-bond acceptors (Lipinski definition) is 8. The molecule has 44 heavy (non-hydrogen) atoms. The largest absolute Gasteiger partial charge is 0.424 e. The molecule has 0 saturated heterocycles. The lowest BCUT2D eigenvalue weighted by atomic mass is 10.0. The van der Waals surface area contributed by atoms with Crippen LogP contribution in [0.4, 0.5) is 0 Å². The number of ether oxygens (including phenoxy) is 2. The Kier molecular flexibility index (Phi) is 6.61. The minimum atomic E-state index is -0.353. The monoisotopic (exact) mass is 646 g/mol. The number of benzene rings is 4. The second-order valence-corrected chi connectivity index (χ2v) is 14.5. The lowest BCUT2D eigenvalue weighted by molar-refractivity contribution is -0.132. The number of carbonyl (C=O) groups is 2. The highest BCUT2D eigenvalue weighted by molar-refractivity contribution is 7.30. The van der Waals surface area contributed by atoms with Crippen molar-refractivity contribution in [3.8, 4) is 42.1 Å². The Bertz CT molecular complexity index is 2420. The molecular weight excluding hydrogens is 625 g/mol. The number of thiophene rings is 4. The van der Waals surface area contributed by atoms with Crippen LogP contribution < -0.4 is 9.47 Å². The van der Waals surface area contributed by atoms with Gasteiger partial charge < -0.3 is 9.47 Å². The van der Waals surface area contributed by atoms with Crippen molar-refractivity contribution in [1.82, 2.24) is 0 Å². The molecule has 0 unspecified atom stereocenters. The van der Waals surface area contributed by atoms with E-state index in [0.29, 0.717) is 11.5 Å². The van der Waals surface area contributed by atoms with Crippen LogP contribution in [0.15, 0.2) is 97.1 Å². The van der Waals surface area contributed by atoms with Gasteiger partial charge in [0.05, 0.1) is 14.6 Å². The van der Waals surface area contributed by atoms with Crippen LogP contribution in [0.25, 0.3) is 71.0 Å². The second-order valence-electron chi connectivity index (χ2n) is 10.3. The average molecular weight is 647 g/mol. The molecule has 214 valence electrons. The number of esters is 2. The van der Waals surface area contributed by atoms with Gasteiger partial charge in [0, 0.05) is 70.2 Å². The van der Waals surface area contributed by atoms with E-state index in [1.54, 1.807) is 45.3 Å². The molecule has 0 aliphatic heterocycles. The average Bonchev–Trinajstić information content (AvgIpc) is 3.77. The van der Waals surface area contributed by atoms with Crippen LogP contribution in [0.5, 0.6) is 11.5 Å². The Morgan fingerprint density at radius 3 is 1.27 bits per heavy atom. The van der Waals surface area contributed by atoms with E-state index >= 15 is 0 Å². The zero-order valence-corrected chi connectivity index (χ0v) is 26.8. The van der Waals surface area contributed by atoms with Gasteiger partial charge in [0.2, 0.25) is 0 Å². The predicted octanol–water partition coefficient (Wildman–Crippen LogP) is 11.4. The van der Waals surface area contributed by atoms with Crippen molar-refractivity contribution >= 4 is 97.6 Å². The van der Waals surface area contributed by atoms with Crippen LogP contribution in [0.3, 0.4) is 0 Å². The summed E-state index contributed by atoms with van der Waals surface area (Å²) in [6.07, 6.45) is 0. The van der Waals surface area contributed by atoms with Crippen LogP contribution in [0, 0.1) is 0 Å². The maximum absolute atomic E-state index is 12.4. The Labute approximate surface area is 268 Å². The molecule has 0 N–H and O–H groups in total. The highest BCUT2D eigenvalue weighted by Crippen LogP contribution is 2.59. The molecular formula is C36H22O4S4. The predicted molar refractivity (Wildman–Crippen MR) is 187 cm³/mol. The molecule has 4 heterocycles. The smallest absolute Gasteiger partial charge is 0.308 e. The number of hydrogen-bond donors (Lipinski definition) is 0. The van der Waals surface area contributed by atoms with Gasteiger partial charge >= 0.3 is 11.9 Å². The molecule has 0 saturated carbocycles. The first-order chi connectivity index (χ1) is 21.5. The van der Waals surface area contributed by atoms with E-state index in [0.717, 1.165) is 71.0 Å². The van der Waals surface area contributed by atoms with Gasteiger partial charge in [-0.2, -0.15) is 0 Å². The lowest BCUT2D eigenvalue weighted by Crippen LogP contribution is -2.01. The van der Waals surface area contributed by atoms with Gasteiger partial charge in [0.15, 0.2) is 11.5 Å². The SMILES string of the molecule is CC(=O)Oc1c(-c2sc3ccccc3c2-c2sc3ccccc3c2-c2sc3ccccc3c2OC(C)=O)sc2ccccc12. The van der Waals surface area contributed by atoms with Gasteiger partial charge in [-0.15, -0.1) is 45.3 Å². The molecule has 0 spiro atoms. The van der Waals surface area contributed by atoms with E-state index < -0.39 is 0 Å². The molecule has 4 aromatic carbocycles. The lowest BCUT2D eigenvalue weighted by Gasteiger charge is -2.10. The third kappa shape index (κ3) is 4.37. The standard InChI is InChI=1S/C36H22O4S4/c1-19(37)39-31-23-13-5-9-17-27(23)42-34(31)29-21-11-3-7-15-25(21)41-33(29)30-22-12-4-8-16-26(22)43-35(30)36-32(40-20(2)38)24-14-6-10-18-28(24)44-36/h3-18H,1-2H3. The highest BCUT2D eigenvalue weighted by Gasteiger charge is 2.29. The zero-order valence-electron chi connectivity index (χ0n) is 23.5. The van der Waals surface area contributed by atoms with Crippen molar-refractivity contribution in [3.05, 3.63) is 97.1 Å². The summed E-state index contributed by atoms with van der Waals surface area (Å²) < 4.78 is 16.3. The van der Waals surface area contributed by atoms with E-state index in [4.69, 9.17) is 9.47 Å². The second kappa shape index (κ2) is 10.7. The fourth-order valence-electron chi connectivity index (χ4n) is 5.73. The summed E-state index contributed by atoms with van der Waals surface area (Å²) in [7, 11) is 0. The first kappa shape index (κ1) is 27.2. The number of rotatable bonds is 5. The molecule has 8 rings (SSSR count). The summed E-state index contributed by atoms with van der Waals surface area (Å²) in [6, 6.07) is 32.9. The molecule has 0 amide bonds. The summed E-state index contributed by atoms with van der Waals surface area (Å²) in [4.78, 5) is 28.8. The first-order valence-corrected chi connectivity index (χ1v) is 17.2. The van der Waals surface area contributed by atoms with Crippen molar-refractivity contribution in [3.63, 3.8) is 0 Å². The van der Waals surface area contributed by atoms with Crippen molar-refractivity contribution < 1.29 is 19.1 Å². The summed E-state index contributed by atoms with van der Waals surface area (Å²) in [5, 5.41) is 4.07. The van der Waals surface area contributed by atoms with Crippen LogP contribution in [-0.2, 0) is 9.59 Å². The van der Waals surface area contributed by atoms with E-state index in [1.807, 2.05) is 36.4 Å². The summed E-state index contributed by atoms with van der Waals surface area (Å²) in [5.41, 5.74) is 2.14. The van der Waals surface area contributed by atoms with Gasteiger partial charge in [-0.25, -0.2) is 0 Å². The molecule has 0 bridgehead atoms. The fraction of sp³-hybridized carbons (Fsp3) is 0.0556. The minimum absolute atomic E-state index is 0.351. The number of fused-ring (bicyclic) bond motifs is 4. The summed E-state index contributed by atoms with van der Waals surface area (Å²) >= 11 is 6.72. The normalized spacial score (nSPS) is 11.6. The van der Waals surface area contributed by atoms with Gasteiger partial charge in [-0.3, -0.25) is 9.59 Å². The minimum Gasteiger partial charge on any atom is -0.424 e. The third-order valence-electron chi connectivity index (χ3n) is 7.44. The Morgan fingerprint density at radius 1 is 0.432 bits per heavy atom. The summed E-state index contributed by atoms with van der Waals surface area (Å²) in [6.45, 7) is 2.90. The molecule has 4 aromatic heterocycles. The van der Waals surface area contributed by atoms with Gasteiger partial charge in [-0.05, 0) is 36.4 Å². The zero-order chi connectivity index (χ0) is 29.9. The Balaban J connectivity index is 1.50. The van der Waals surface area contributed by atoms with Gasteiger partial charge in [-0.1, -0.05) is 60.7 Å². The molecule has 0 radical (unpaired) electrons. The van der Waals surface area contributed by atoms with Crippen LogP contribution in [0.1, 0.15) is 13.8 Å². The van der Waals surface area contributed by atoms with Crippen LogP contribution >= 0.6 is 45.3 Å². The number of carbonyl (C=O) groups excluding carboxylic acids is 2. The molecule has 8 heteroatoms. The third-order valence-corrected chi connectivity index (χ3v) is 12.3. The fourth-order valence-corrected chi connectivity index (χ4v) is 10.8. The topological polar surface area (TPSA) is 52.6 Å². The van der Waals surface area contributed by atoms with Crippen LogP contribution in [-0.4, -0.2) is 11.9 Å². The molecule has 0 fully saturated rings. The van der Waals surface area contributed by atoms with E-state index in [9.17, 15) is 9.59 Å². The van der Waals surface area contributed by atoms with E-state index in [2.05, 4.69) is 60.7 Å². The molecule has 0 atom stereocenters. The van der Waals surface area contributed by atoms with Crippen molar-refractivity contribution in [2.75, 3.05) is 0 Å². The van der Waals surface area contributed by atoms with Crippen molar-refractivity contribution in [2.24, 2.45) is 0 Å². The quantitative estimate of drug-likeness (QED) is 0.175. The molecule has 4 nitrogen and oxygen atoms in total. The van der Waals surface area contributed by atoms with Crippen LogP contribution in [0.2, 0.25) is 0 Å². The van der Waals surface area contributed by atoms with E-state index in [-0.39, 0.29) is 11.9 Å². The molecule has 0 aliphatic carbocycles. The van der Waals surface area contributed by atoms with Crippen molar-refractivity contribution in [1.29, 1.82) is 0 Å². The van der Waals surface area contributed by atoms with E-state index in [1.165, 1.54) is 13.8 Å². The maximum Gasteiger partial charge on any atom is 0.308 e. The first-order valence-electron chi connectivity index (χ1n) is 13.9. The summed E-state index contributed by atoms with van der Waals surface area (Å²) in [5.74, 6) is 0.479. The maximum atomic E-state index is 12.4.